The number of aryl methyl sites for hydroxylation is 1. The van der Waals surface area contributed by atoms with Gasteiger partial charge in [-0.25, -0.2) is 0 Å². The van der Waals surface area contributed by atoms with Gasteiger partial charge in [0.05, 0.1) is 12.2 Å². The van der Waals surface area contributed by atoms with E-state index < -0.39 is 0 Å². The Bertz CT molecular complexity index is 409. The number of hydrogen-bond donors (Lipinski definition) is 1. The number of benzene rings is 1. The molecule has 1 N–H and O–H groups in total. The standard InChI is InChI=1S/C13H18BrNO3/c1-10-4-3-5-11(12(10)16)13(17)15(7-6-14)8-9-18-2/h3-5,16H,6-9H2,1-2H3. The Labute approximate surface area is 116 Å². The van der Waals surface area contributed by atoms with Crippen molar-refractivity contribution in [3.8, 4) is 5.75 Å². The number of alkyl halides is 1. The number of phenolic OH excluding ortho intramolecular Hbond substituents is 1. The predicted molar refractivity (Wildman–Crippen MR) is 74.4 cm³/mol. The van der Waals surface area contributed by atoms with E-state index in [9.17, 15) is 9.90 Å². The van der Waals surface area contributed by atoms with Gasteiger partial charge in [-0.05, 0) is 18.6 Å². The fraction of sp³-hybridized carbons (Fsp3) is 0.462. The molecule has 0 spiro atoms. The van der Waals surface area contributed by atoms with Crippen LogP contribution in [0, 0.1) is 6.92 Å². The molecule has 0 unspecified atom stereocenters. The molecule has 0 bridgehead atoms. The van der Waals surface area contributed by atoms with Crippen LogP contribution in [0.2, 0.25) is 0 Å². The van der Waals surface area contributed by atoms with Crippen molar-refractivity contribution in [3.63, 3.8) is 0 Å². The van der Waals surface area contributed by atoms with E-state index in [2.05, 4.69) is 15.9 Å². The largest absolute Gasteiger partial charge is 0.507 e. The van der Waals surface area contributed by atoms with E-state index in [1.165, 1.54) is 0 Å². The molecule has 0 saturated carbocycles. The number of phenols is 1. The molecule has 0 heterocycles. The van der Waals surface area contributed by atoms with Crippen LogP contribution in [0.5, 0.6) is 5.75 Å². The summed E-state index contributed by atoms with van der Waals surface area (Å²) in [7, 11) is 1.60. The molecule has 0 saturated heterocycles. The highest BCUT2D eigenvalue weighted by atomic mass is 79.9. The van der Waals surface area contributed by atoms with E-state index in [4.69, 9.17) is 4.74 Å². The maximum atomic E-state index is 12.3. The summed E-state index contributed by atoms with van der Waals surface area (Å²) < 4.78 is 4.99. The molecule has 0 aromatic heterocycles. The van der Waals surface area contributed by atoms with E-state index in [1.54, 1.807) is 37.1 Å². The molecule has 1 aromatic rings. The summed E-state index contributed by atoms with van der Waals surface area (Å²) in [5.74, 6) is -0.118. The van der Waals surface area contributed by atoms with Crippen molar-refractivity contribution in [3.05, 3.63) is 29.3 Å². The second-order valence-corrected chi connectivity index (χ2v) is 4.74. The first-order chi connectivity index (χ1) is 8.61. The highest BCUT2D eigenvalue weighted by molar-refractivity contribution is 9.09. The lowest BCUT2D eigenvalue weighted by Gasteiger charge is -2.22. The molecular formula is C13H18BrNO3. The number of hydrogen-bond acceptors (Lipinski definition) is 3. The Kier molecular flexibility index (Phi) is 6.15. The molecule has 4 nitrogen and oxygen atoms in total. The summed E-state index contributed by atoms with van der Waals surface area (Å²) >= 11 is 3.32. The molecule has 1 rings (SSSR count). The van der Waals surface area contributed by atoms with Crippen molar-refractivity contribution in [2.45, 2.75) is 6.92 Å². The Morgan fingerprint density at radius 1 is 1.44 bits per heavy atom. The summed E-state index contributed by atoms with van der Waals surface area (Å²) in [5.41, 5.74) is 1.04. The van der Waals surface area contributed by atoms with E-state index in [0.717, 1.165) is 0 Å². The van der Waals surface area contributed by atoms with Gasteiger partial charge in [0, 0.05) is 25.5 Å². The van der Waals surface area contributed by atoms with E-state index >= 15 is 0 Å². The molecular weight excluding hydrogens is 298 g/mol. The van der Waals surface area contributed by atoms with Gasteiger partial charge in [-0.15, -0.1) is 0 Å². The first kappa shape index (κ1) is 15.0. The van der Waals surface area contributed by atoms with Crippen molar-refractivity contribution in [2.75, 3.05) is 32.1 Å². The molecule has 0 aliphatic heterocycles. The highest BCUT2D eigenvalue weighted by Crippen LogP contribution is 2.22. The van der Waals surface area contributed by atoms with E-state index in [-0.39, 0.29) is 11.7 Å². The molecule has 5 heteroatoms. The summed E-state index contributed by atoms with van der Waals surface area (Å²) in [6.07, 6.45) is 0. The monoisotopic (exact) mass is 315 g/mol. The smallest absolute Gasteiger partial charge is 0.257 e. The number of halogens is 1. The summed E-state index contributed by atoms with van der Waals surface area (Å²) in [5, 5.41) is 10.6. The molecule has 100 valence electrons. The fourth-order valence-corrected chi connectivity index (χ4v) is 2.05. The van der Waals surface area contributed by atoms with Gasteiger partial charge in [-0.1, -0.05) is 28.1 Å². The van der Waals surface area contributed by atoms with Crippen molar-refractivity contribution in [1.82, 2.24) is 4.90 Å². The minimum Gasteiger partial charge on any atom is -0.507 e. The van der Waals surface area contributed by atoms with Crippen LogP contribution >= 0.6 is 15.9 Å². The summed E-state index contributed by atoms with van der Waals surface area (Å²) in [4.78, 5) is 14.0. The SMILES string of the molecule is COCCN(CCBr)C(=O)c1cccc(C)c1O. The number of aromatic hydroxyl groups is 1. The minimum atomic E-state index is -0.173. The van der Waals surface area contributed by atoms with Crippen molar-refractivity contribution < 1.29 is 14.6 Å². The third-order valence-corrected chi connectivity index (χ3v) is 3.03. The lowest BCUT2D eigenvalue weighted by molar-refractivity contribution is 0.0706. The van der Waals surface area contributed by atoms with E-state index in [1.807, 2.05) is 0 Å². The van der Waals surface area contributed by atoms with Crippen LogP contribution in [-0.2, 0) is 4.74 Å². The zero-order chi connectivity index (χ0) is 13.5. The second-order valence-electron chi connectivity index (χ2n) is 3.95. The molecule has 18 heavy (non-hydrogen) atoms. The Balaban J connectivity index is 2.90. The van der Waals surface area contributed by atoms with Gasteiger partial charge in [0.25, 0.3) is 5.91 Å². The van der Waals surface area contributed by atoms with Crippen LogP contribution in [0.15, 0.2) is 18.2 Å². The Morgan fingerprint density at radius 2 is 2.17 bits per heavy atom. The maximum Gasteiger partial charge on any atom is 0.257 e. The maximum absolute atomic E-state index is 12.3. The van der Waals surface area contributed by atoms with Crippen LogP contribution in [-0.4, -0.2) is 48.0 Å². The predicted octanol–water partition coefficient (Wildman–Crippen LogP) is 2.18. The van der Waals surface area contributed by atoms with Crippen LogP contribution in [0.1, 0.15) is 15.9 Å². The van der Waals surface area contributed by atoms with Crippen LogP contribution in [0.4, 0.5) is 0 Å². The number of ether oxygens (including phenoxy) is 1. The molecule has 1 amide bonds. The van der Waals surface area contributed by atoms with Crippen molar-refractivity contribution in [2.24, 2.45) is 0 Å². The van der Waals surface area contributed by atoms with Crippen LogP contribution < -0.4 is 0 Å². The van der Waals surface area contributed by atoms with Crippen molar-refractivity contribution >= 4 is 21.8 Å². The fourth-order valence-electron chi connectivity index (χ4n) is 1.62. The number of rotatable bonds is 6. The first-order valence-corrected chi connectivity index (χ1v) is 6.86. The number of carbonyl (C=O) groups is 1. The number of para-hydroxylation sites is 1. The van der Waals surface area contributed by atoms with Gasteiger partial charge < -0.3 is 14.7 Å². The van der Waals surface area contributed by atoms with Gasteiger partial charge in [0.2, 0.25) is 0 Å². The number of methoxy groups -OCH3 is 1. The molecule has 0 aliphatic carbocycles. The van der Waals surface area contributed by atoms with Gasteiger partial charge in [0.15, 0.2) is 0 Å². The number of nitrogens with zero attached hydrogens (tertiary/aromatic N) is 1. The molecule has 1 aromatic carbocycles. The topological polar surface area (TPSA) is 49.8 Å². The van der Waals surface area contributed by atoms with Crippen LogP contribution in [0.3, 0.4) is 0 Å². The first-order valence-electron chi connectivity index (χ1n) is 5.74. The quantitative estimate of drug-likeness (QED) is 0.819. The zero-order valence-electron chi connectivity index (χ0n) is 10.6. The normalized spacial score (nSPS) is 10.4. The second kappa shape index (κ2) is 7.38. The van der Waals surface area contributed by atoms with Crippen molar-refractivity contribution in [1.29, 1.82) is 0 Å². The average Bonchev–Trinajstić information content (AvgIpc) is 2.37. The minimum absolute atomic E-state index is 0.0551. The molecule has 0 atom stereocenters. The summed E-state index contributed by atoms with van der Waals surface area (Å²) in [6.45, 7) is 3.34. The zero-order valence-corrected chi connectivity index (χ0v) is 12.2. The van der Waals surface area contributed by atoms with Crippen LogP contribution in [0.25, 0.3) is 0 Å². The highest BCUT2D eigenvalue weighted by Gasteiger charge is 2.18. The average molecular weight is 316 g/mol. The Hall–Kier alpha value is -1.07. The molecule has 0 fully saturated rings. The summed E-state index contributed by atoms with van der Waals surface area (Å²) in [6, 6.07) is 5.18. The third kappa shape index (κ3) is 3.71. The number of amides is 1. The molecule has 0 radical (unpaired) electrons. The van der Waals surface area contributed by atoms with E-state index in [0.29, 0.717) is 36.2 Å². The molecule has 0 aliphatic rings. The van der Waals surface area contributed by atoms with Gasteiger partial charge >= 0.3 is 0 Å². The van der Waals surface area contributed by atoms with Gasteiger partial charge in [-0.2, -0.15) is 0 Å². The lowest BCUT2D eigenvalue weighted by atomic mass is 10.1. The lowest BCUT2D eigenvalue weighted by Crippen LogP contribution is -2.35. The van der Waals surface area contributed by atoms with Gasteiger partial charge in [0.1, 0.15) is 5.75 Å². The number of carbonyl (C=O) groups excluding carboxylic acids is 1. The Morgan fingerprint density at radius 3 is 2.78 bits per heavy atom. The van der Waals surface area contributed by atoms with Gasteiger partial charge in [-0.3, -0.25) is 4.79 Å². The third-order valence-electron chi connectivity index (χ3n) is 2.68.